The van der Waals surface area contributed by atoms with Crippen molar-refractivity contribution in [3.05, 3.63) is 53.3 Å². The van der Waals surface area contributed by atoms with Crippen molar-refractivity contribution in [3.63, 3.8) is 0 Å². The Hall–Kier alpha value is -1.74. The summed E-state index contributed by atoms with van der Waals surface area (Å²) in [6.45, 7) is 4.25. The Morgan fingerprint density at radius 3 is 2.52 bits per heavy atom. The average Bonchev–Trinajstić information content (AvgIpc) is 2.52. The predicted molar refractivity (Wildman–Crippen MR) is 89.3 cm³/mol. The monoisotopic (exact) mass is 301 g/mol. The third kappa shape index (κ3) is 3.48. The normalized spacial score (nSPS) is 16.0. The maximum Gasteiger partial charge on any atom is 0.0410 e. The first kappa shape index (κ1) is 14.2. The summed E-state index contributed by atoms with van der Waals surface area (Å²) in [5.41, 5.74) is 3.67. The maximum atomic E-state index is 6.01. The van der Waals surface area contributed by atoms with E-state index >= 15 is 0 Å². The fourth-order valence-corrected chi connectivity index (χ4v) is 3.07. The predicted octanol–water partition coefficient (Wildman–Crippen LogP) is 4.12. The van der Waals surface area contributed by atoms with Crippen LogP contribution in [0.3, 0.4) is 0 Å². The van der Waals surface area contributed by atoms with Crippen molar-refractivity contribution in [2.24, 2.45) is 0 Å². The highest BCUT2D eigenvalue weighted by molar-refractivity contribution is 6.30. The van der Waals surface area contributed by atoms with Gasteiger partial charge in [0.1, 0.15) is 0 Å². The van der Waals surface area contributed by atoms with Gasteiger partial charge < -0.3 is 10.2 Å². The van der Waals surface area contributed by atoms with Crippen LogP contribution in [0.15, 0.2) is 42.7 Å². The van der Waals surface area contributed by atoms with Crippen LogP contribution in [0.4, 0.5) is 11.4 Å². The molecule has 110 valence electrons. The topological polar surface area (TPSA) is 28.2 Å². The van der Waals surface area contributed by atoms with Crippen LogP contribution < -0.4 is 10.2 Å². The molecule has 2 aromatic rings. The van der Waals surface area contributed by atoms with Crippen LogP contribution in [0.25, 0.3) is 0 Å². The van der Waals surface area contributed by atoms with Crippen LogP contribution in [-0.4, -0.2) is 24.1 Å². The largest absolute Gasteiger partial charge is 0.382 e. The molecule has 4 heteroatoms. The highest BCUT2D eigenvalue weighted by Gasteiger charge is 2.19. The van der Waals surface area contributed by atoms with Crippen molar-refractivity contribution >= 4 is 23.0 Å². The van der Waals surface area contributed by atoms with E-state index < -0.39 is 0 Å². The third-order valence-corrected chi connectivity index (χ3v) is 4.31. The van der Waals surface area contributed by atoms with E-state index in [-0.39, 0.29) is 0 Å². The lowest BCUT2D eigenvalue weighted by Crippen LogP contribution is -2.39. The summed E-state index contributed by atoms with van der Waals surface area (Å²) in [4.78, 5) is 6.50. The fourth-order valence-electron chi connectivity index (χ4n) is 2.85. The van der Waals surface area contributed by atoms with Crippen LogP contribution in [0.1, 0.15) is 18.4 Å². The Kier molecular flexibility index (Phi) is 4.30. The number of hydrogen-bond donors (Lipinski definition) is 1. The first-order chi connectivity index (χ1) is 10.2. The quantitative estimate of drug-likeness (QED) is 0.924. The molecule has 1 N–H and O–H groups in total. The summed E-state index contributed by atoms with van der Waals surface area (Å²) >= 11 is 6.01. The van der Waals surface area contributed by atoms with Crippen molar-refractivity contribution in [1.29, 1.82) is 0 Å². The molecule has 0 bridgehead atoms. The van der Waals surface area contributed by atoms with Gasteiger partial charge in [0.15, 0.2) is 0 Å². The average molecular weight is 302 g/mol. The van der Waals surface area contributed by atoms with E-state index in [0.717, 1.165) is 31.0 Å². The van der Waals surface area contributed by atoms with E-state index in [0.29, 0.717) is 6.04 Å². The van der Waals surface area contributed by atoms with Gasteiger partial charge in [-0.1, -0.05) is 11.6 Å². The second-order valence-electron chi connectivity index (χ2n) is 5.57. The van der Waals surface area contributed by atoms with Gasteiger partial charge in [-0.3, -0.25) is 4.98 Å². The molecule has 1 aliphatic rings. The van der Waals surface area contributed by atoms with Gasteiger partial charge in [-0.25, -0.2) is 0 Å². The molecular formula is C17H20ClN3. The first-order valence-corrected chi connectivity index (χ1v) is 7.78. The lowest BCUT2D eigenvalue weighted by atomic mass is 10.0. The van der Waals surface area contributed by atoms with E-state index in [1.54, 1.807) is 0 Å². The van der Waals surface area contributed by atoms with E-state index in [9.17, 15) is 0 Å². The number of hydrogen-bond acceptors (Lipinski definition) is 3. The molecule has 21 heavy (non-hydrogen) atoms. The molecule has 3 nitrogen and oxygen atoms in total. The molecule has 0 unspecified atom stereocenters. The summed E-state index contributed by atoms with van der Waals surface area (Å²) < 4.78 is 0. The standard InChI is InChI=1S/C17H20ClN3/c1-13-12-14(18)2-3-17(13)20-15-6-10-21(11-7-15)16-4-8-19-9-5-16/h2-5,8-9,12,15,20H,6-7,10-11H2,1H3. The van der Waals surface area contributed by atoms with Gasteiger partial charge in [0.25, 0.3) is 0 Å². The highest BCUT2D eigenvalue weighted by Crippen LogP contribution is 2.24. The second-order valence-corrected chi connectivity index (χ2v) is 6.01. The maximum absolute atomic E-state index is 6.01. The first-order valence-electron chi connectivity index (χ1n) is 7.40. The Morgan fingerprint density at radius 2 is 1.86 bits per heavy atom. The number of anilines is 2. The molecule has 0 amide bonds. The number of halogens is 1. The third-order valence-electron chi connectivity index (χ3n) is 4.07. The van der Waals surface area contributed by atoms with Gasteiger partial charge in [0, 0.05) is 47.9 Å². The van der Waals surface area contributed by atoms with Crippen LogP contribution in [0.5, 0.6) is 0 Å². The molecule has 1 aromatic heterocycles. The fraction of sp³-hybridized carbons (Fsp3) is 0.353. The molecular weight excluding hydrogens is 282 g/mol. The lowest BCUT2D eigenvalue weighted by molar-refractivity contribution is 0.526. The number of nitrogens with one attached hydrogen (secondary N) is 1. The zero-order chi connectivity index (χ0) is 14.7. The molecule has 0 aliphatic carbocycles. The summed E-state index contributed by atoms with van der Waals surface area (Å²) in [6.07, 6.45) is 6.00. The van der Waals surface area contributed by atoms with Crippen LogP contribution in [-0.2, 0) is 0 Å². The lowest BCUT2D eigenvalue weighted by Gasteiger charge is -2.34. The van der Waals surface area contributed by atoms with Gasteiger partial charge in [0.2, 0.25) is 0 Å². The smallest absolute Gasteiger partial charge is 0.0410 e. The molecule has 0 radical (unpaired) electrons. The minimum absolute atomic E-state index is 0.531. The van der Waals surface area contributed by atoms with Gasteiger partial charge in [-0.2, -0.15) is 0 Å². The summed E-state index contributed by atoms with van der Waals surface area (Å²) in [6, 6.07) is 10.7. The number of rotatable bonds is 3. The highest BCUT2D eigenvalue weighted by atomic mass is 35.5. The number of aromatic nitrogens is 1. The molecule has 3 rings (SSSR count). The Bertz CT molecular complexity index is 592. The summed E-state index contributed by atoms with van der Waals surface area (Å²) in [5.74, 6) is 0. The van der Waals surface area contributed by atoms with Crippen molar-refractivity contribution in [1.82, 2.24) is 4.98 Å². The molecule has 0 saturated carbocycles. The van der Waals surface area contributed by atoms with Crippen molar-refractivity contribution in [3.8, 4) is 0 Å². The minimum Gasteiger partial charge on any atom is -0.382 e. The summed E-state index contributed by atoms with van der Waals surface area (Å²) in [5, 5.41) is 4.45. The zero-order valence-corrected chi connectivity index (χ0v) is 13.0. The molecule has 1 aromatic carbocycles. The van der Waals surface area contributed by atoms with Crippen LogP contribution in [0.2, 0.25) is 5.02 Å². The van der Waals surface area contributed by atoms with Gasteiger partial charge in [-0.05, 0) is 55.7 Å². The number of nitrogens with zero attached hydrogens (tertiary/aromatic N) is 2. The Balaban J connectivity index is 1.59. The van der Waals surface area contributed by atoms with E-state index in [1.807, 2.05) is 24.5 Å². The zero-order valence-electron chi connectivity index (χ0n) is 12.2. The SMILES string of the molecule is Cc1cc(Cl)ccc1NC1CCN(c2ccncc2)CC1. The van der Waals surface area contributed by atoms with Crippen LogP contribution in [0, 0.1) is 6.92 Å². The Labute approximate surface area is 131 Å². The van der Waals surface area contributed by atoms with Gasteiger partial charge in [0.05, 0.1) is 0 Å². The summed E-state index contributed by atoms with van der Waals surface area (Å²) in [7, 11) is 0. The van der Waals surface area contributed by atoms with Crippen molar-refractivity contribution in [2.75, 3.05) is 23.3 Å². The van der Waals surface area contributed by atoms with E-state index in [1.165, 1.54) is 16.9 Å². The van der Waals surface area contributed by atoms with E-state index in [2.05, 4.69) is 40.3 Å². The number of piperidine rings is 1. The number of benzene rings is 1. The molecule has 1 aliphatic heterocycles. The second kappa shape index (κ2) is 6.35. The van der Waals surface area contributed by atoms with Gasteiger partial charge in [-0.15, -0.1) is 0 Å². The van der Waals surface area contributed by atoms with E-state index in [4.69, 9.17) is 11.6 Å². The van der Waals surface area contributed by atoms with Crippen LogP contribution >= 0.6 is 11.6 Å². The molecule has 0 atom stereocenters. The molecule has 1 fully saturated rings. The van der Waals surface area contributed by atoms with Gasteiger partial charge >= 0.3 is 0 Å². The minimum atomic E-state index is 0.531. The number of aryl methyl sites for hydroxylation is 1. The molecule has 2 heterocycles. The van der Waals surface area contributed by atoms with Crippen molar-refractivity contribution < 1.29 is 0 Å². The number of pyridine rings is 1. The molecule has 0 spiro atoms. The Morgan fingerprint density at radius 1 is 1.14 bits per heavy atom. The van der Waals surface area contributed by atoms with Crippen molar-refractivity contribution in [2.45, 2.75) is 25.8 Å². The molecule has 1 saturated heterocycles.